The summed E-state index contributed by atoms with van der Waals surface area (Å²) in [6.45, 7) is 3.14. The number of aryl methyl sites for hydroxylation is 1. The van der Waals surface area contributed by atoms with Crippen molar-refractivity contribution in [3.8, 4) is 5.75 Å². The van der Waals surface area contributed by atoms with E-state index in [1.54, 1.807) is 12.3 Å². The van der Waals surface area contributed by atoms with E-state index >= 15 is 0 Å². The number of aromatic nitrogens is 3. The molecular weight excluding hydrogens is 316 g/mol. The van der Waals surface area contributed by atoms with Crippen molar-refractivity contribution in [1.82, 2.24) is 20.5 Å². The summed E-state index contributed by atoms with van der Waals surface area (Å²) in [4.78, 5) is 16.4. The van der Waals surface area contributed by atoms with Crippen molar-refractivity contribution in [3.63, 3.8) is 0 Å². The van der Waals surface area contributed by atoms with E-state index < -0.39 is 0 Å². The minimum absolute atomic E-state index is 0.162. The van der Waals surface area contributed by atoms with Gasteiger partial charge >= 0.3 is 0 Å². The predicted octanol–water partition coefficient (Wildman–Crippen LogP) is 3.11. The molecule has 0 radical (unpaired) electrons. The lowest BCUT2D eigenvalue weighted by atomic mass is 10.2. The summed E-state index contributed by atoms with van der Waals surface area (Å²) in [7, 11) is 0. The van der Waals surface area contributed by atoms with Crippen LogP contribution in [0.5, 0.6) is 5.75 Å². The molecule has 1 aromatic carbocycles. The van der Waals surface area contributed by atoms with Crippen LogP contribution in [0.4, 0.5) is 0 Å². The summed E-state index contributed by atoms with van der Waals surface area (Å²) in [5, 5.41) is 10.8. The van der Waals surface area contributed by atoms with Crippen LogP contribution in [0.25, 0.3) is 10.9 Å². The number of amides is 1. The molecule has 2 N–H and O–H groups in total. The van der Waals surface area contributed by atoms with E-state index in [9.17, 15) is 4.79 Å². The van der Waals surface area contributed by atoms with Crippen molar-refractivity contribution in [3.05, 3.63) is 54.0 Å². The SMILES string of the molecule is CCCc1cc(C(=O)NCCCOc2cccc3cccnc23)n[nH]1. The Balaban J connectivity index is 1.44. The molecule has 0 aliphatic carbocycles. The Morgan fingerprint density at radius 3 is 3.04 bits per heavy atom. The topological polar surface area (TPSA) is 79.9 Å². The van der Waals surface area contributed by atoms with Crippen LogP contribution in [0.3, 0.4) is 0 Å². The third-order valence-electron chi connectivity index (χ3n) is 3.84. The molecule has 0 fully saturated rings. The van der Waals surface area contributed by atoms with Gasteiger partial charge in [-0.2, -0.15) is 5.10 Å². The Bertz CT molecular complexity index is 839. The van der Waals surface area contributed by atoms with Crippen LogP contribution in [0, 0.1) is 0 Å². The molecule has 130 valence electrons. The third kappa shape index (κ3) is 4.35. The standard InChI is InChI=1S/C19H22N4O2/c1-2-6-15-13-16(23-22-15)19(24)21-11-5-12-25-17-9-3-7-14-8-4-10-20-18(14)17/h3-4,7-10,13H,2,5-6,11-12H2,1H3,(H,21,24)(H,22,23). The average Bonchev–Trinajstić information content (AvgIpc) is 3.10. The van der Waals surface area contributed by atoms with Gasteiger partial charge in [0.15, 0.2) is 0 Å². The summed E-state index contributed by atoms with van der Waals surface area (Å²) in [6.07, 6.45) is 4.38. The number of rotatable bonds is 8. The van der Waals surface area contributed by atoms with E-state index in [4.69, 9.17) is 4.74 Å². The number of hydrogen-bond acceptors (Lipinski definition) is 4. The van der Waals surface area contributed by atoms with Crippen molar-refractivity contribution < 1.29 is 9.53 Å². The number of carbonyl (C=O) groups is 1. The summed E-state index contributed by atoms with van der Waals surface area (Å²) >= 11 is 0. The number of fused-ring (bicyclic) bond motifs is 1. The molecule has 0 saturated heterocycles. The van der Waals surface area contributed by atoms with Crippen LogP contribution in [-0.4, -0.2) is 34.2 Å². The molecule has 0 unspecified atom stereocenters. The number of benzene rings is 1. The Morgan fingerprint density at radius 2 is 2.16 bits per heavy atom. The highest BCUT2D eigenvalue weighted by atomic mass is 16.5. The minimum atomic E-state index is -0.162. The summed E-state index contributed by atoms with van der Waals surface area (Å²) in [6, 6.07) is 11.6. The minimum Gasteiger partial charge on any atom is -0.491 e. The number of aromatic amines is 1. The van der Waals surface area contributed by atoms with Gasteiger partial charge in [-0.25, -0.2) is 0 Å². The second-order valence-corrected chi connectivity index (χ2v) is 5.82. The van der Waals surface area contributed by atoms with Gasteiger partial charge in [0.05, 0.1) is 6.61 Å². The van der Waals surface area contributed by atoms with E-state index in [1.165, 1.54) is 0 Å². The van der Waals surface area contributed by atoms with Gasteiger partial charge in [0.25, 0.3) is 5.91 Å². The zero-order valence-electron chi connectivity index (χ0n) is 14.3. The number of pyridine rings is 1. The maximum Gasteiger partial charge on any atom is 0.271 e. The maximum atomic E-state index is 12.0. The fourth-order valence-electron chi connectivity index (χ4n) is 2.61. The fourth-order valence-corrected chi connectivity index (χ4v) is 2.61. The highest BCUT2D eigenvalue weighted by molar-refractivity contribution is 5.92. The summed E-state index contributed by atoms with van der Waals surface area (Å²) < 4.78 is 5.81. The molecule has 1 amide bonds. The average molecular weight is 338 g/mol. The first-order valence-corrected chi connectivity index (χ1v) is 8.57. The van der Waals surface area contributed by atoms with Gasteiger partial charge in [0, 0.05) is 23.8 Å². The van der Waals surface area contributed by atoms with Gasteiger partial charge in [-0.3, -0.25) is 14.9 Å². The number of H-pyrrole nitrogens is 1. The van der Waals surface area contributed by atoms with Crippen LogP contribution in [0.15, 0.2) is 42.6 Å². The fraction of sp³-hybridized carbons (Fsp3) is 0.316. The van der Waals surface area contributed by atoms with E-state index in [-0.39, 0.29) is 5.91 Å². The van der Waals surface area contributed by atoms with Gasteiger partial charge in [-0.1, -0.05) is 31.5 Å². The molecule has 0 saturated carbocycles. The van der Waals surface area contributed by atoms with Crippen molar-refractivity contribution in [1.29, 1.82) is 0 Å². The normalized spacial score (nSPS) is 10.8. The molecule has 2 heterocycles. The zero-order chi connectivity index (χ0) is 17.5. The molecule has 0 aliphatic heterocycles. The van der Waals surface area contributed by atoms with Gasteiger partial charge < -0.3 is 10.1 Å². The van der Waals surface area contributed by atoms with Gasteiger partial charge in [0.2, 0.25) is 0 Å². The van der Waals surface area contributed by atoms with Crippen LogP contribution >= 0.6 is 0 Å². The molecule has 0 aliphatic rings. The molecule has 6 nitrogen and oxygen atoms in total. The van der Waals surface area contributed by atoms with Crippen molar-refractivity contribution in [2.75, 3.05) is 13.2 Å². The number of ether oxygens (including phenoxy) is 1. The third-order valence-corrected chi connectivity index (χ3v) is 3.84. The monoisotopic (exact) mass is 338 g/mol. The van der Waals surface area contributed by atoms with Crippen LogP contribution in [0.1, 0.15) is 35.9 Å². The Hall–Kier alpha value is -2.89. The van der Waals surface area contributed by atoms with Crippen molar-refractivity contribution in [2.45, 2.75) is 26.2 Å². The molecular formula is C19H22N4O2. The van der Waals surface area contributed by atoms with E-state index in [0.29, 0.717) is 25.3 Å². The lowest BCUT2D eigenvalue weighted by molar-refractivity contribution is 0.0946. The summed E-state index contributed by atoms with van der Waals surface area (Å²) in [5.74, 6) is 0.603. The number of nitrogens with one attached hydrogen (secondary N) is 2. The number of hydrogen-bond donors (Lipinski definition) is 2. The molecule has 25 heavy (non-hydrogen) atoms. The zero-order valence-corrected chi connectivity index (χ0v) is 14.3. The van der Waals surface area contributed by atoms with Gasteiger partial charge in [-0.05, 0) is 31.0 Å². The Morgan fingerprint density at radius 1 is 1.28 bits per heavy atom. The number of para-hydroxylation sites is 1. The van der Waals surface area contributed by atoms with Crippen LogP contribution in [-0.2, 0) is 6.42 Å². The van der Waals surface area contributed by atoms with Gasteiger partial charge in [-0.15, -0.1) is 0 Å². The molecule has 3 aromatic rings. The van der Waals surface area contributed by atoms with E-state index in [0.717, 1.165) is 35.2 Å². The molecule has 3 rings (SSSR count). The van der Waals surface area contributed by atoms with Crippen molar-refractivity contribution in [2.24, 2.45) is 0 Å². The first kappa shape index (κ1) is 17.0. The largest absolute Gasteiger partial charge is 0.491 e. The summed E-state index contributed by atoms with van der Waals surface area (Å²) in [5.41, 5.74) is 2.27. The predicted molar refractivity (Wildman–Crippen MR) is 96.8 cm³/mol. The maximum absolute atomic E-state index is 12.0. The molecule has 6 heteroatoms. The molecule has 0 bridgehead atoms. The number of carbonyl (C=O) groups excluding carboxylic acids is 1. The molecule has 2 aromatic heterocycles. The van der Waals surface area contributed by atoms with Crippen LogP contribution in [0.2, 0.25) is 0 Å². The Kier molecular flexibility index (Phi) is 5.61. The highest BCUT2D eigenvalue weighted by Crippen LogP contribution is 2.22. The van der Waals surface area contributed by atoms with E-state index in [1.807, 2.05) is 30.3 Å². The quantitative estimate of drug-likeness (QED) is 0.619. The molecule has 0 atom stereocenters. The van der Waals surface area contributed by atoms with Crippen LogP contribution < -0.4 is 10.1 Å². The lowest BCUT2D eigenvalue weighted by Crippen LogP contribution is -2.25. The lowest BCUT2D eigenvalue weighted by Gasteiger charge is -2.08. The second-order valence-electron chi connectivity index (χ2n) is 5.82. The molecule has 0 spiro atoms. The van der Waals surface area contributed by atoms with E-state index in [2.05, 4.69) is 27.4 Å². The number of nitrogens with zero attached hydrogens (tertiary/aromatic N) is 2. The highest BCUT2D eigenvalue weighted by Gasteiger charge is 2.09. The Labute approximate surface area is 146 Å². The first-order chi connectivity index (χ1) is 12.3. The smallest absolute Gasteiger partial charge is 0.271 e. The van der Waals surface area contributed by atoms with Gasteiger partial charge in [0.1, 0.15) is 17.0 Å². The van der Waals surface area contributed by atoms with Crippen molar-refractivity contribution >= 4 is 16.8 Å². The first-order valence-electron chi connectivity index (χ1n) is 8.57. The second kappa shape index (κ2) is 8.28.